The number of aromatic nitrogens is 2. The Balaban J connectivity index is 1.72. The number of nitrogens with zero attached hydrogens (tertiary/aromatic N) is 5. The molecule has 4 aromatic rings. The Morgan fingerprint density at radius 1 is 0.714 bits per heavy atom. The molecule has 0 atom stereocenters. The van der Waals surface area contributed by atoms with Gasteiger partial charge >= 0.3 is 0 Å². The van der Waals surface area contributed by atoms with Gasteiger partial charge in [-0.15, -0.1) is 0 Å². The predicted molar refractivity (Wildman–Crippen MR) is 131 cm³/mol. The molecule has 0 spiro atoms. The molecule has 5 rings (SSSR count). The third-order valence-electron chi connectivity index (χ3n) is 5.93. The molecule has 35 heavy (non-hydrogen) atoms. The molecular weight excluding hydrogens is 490 g/mol. The molecule has 2 heterocycles. The summed E-state index contributed by atoms with van der Waals surface area (Å²) in [6, 6.07) is 17.9. The largest absolute Gasteiger partial charge is 0.367 e. The van der Waals surface area contributed by atoms with Crippen molar-refractivity contribution in [2.75, 3.05) is 41.8 Å². The molecule has 0 radical (unpaired) electrons. The monoisotopic (exact) mass is 513 g/mol. The van der Waals surface area contributed by atoms with Crippen molar-refractivity contribution >= 4 is 42.5 Å². The third kappa shape index (κ3) is 4.13. The minimum atomic E-state index is -4.56. The van der Waals surface area contributed by atoms with Crippen molar-refractivity contribution in [3.05, 3.63) is 72.8 Å². The summed E-state index contributed by atoms with van der Waals surface area (Å²) in [4.78, 5) is 3.95. The number of piperazine rings is 1. The van der Waals surface area contributed by atoms with Crippen LogP contribution in [0.15, 0.2) is 87.2 Å². The van der Waals surface area contributed by atoms with Crippen molar-refractivity contribution in [1.29, 1.82) is 0 Å². The Bertz CT molecular complexity index is 1480. The van der Waals surface area contributed by atoms with Crippen LogP contribution in [0.4, 0.5) is 11.4 Å². The highest BCUT2D eigenvalue weighted by Crippen LogP contribution is 2.38. The normalized spacial score (nSPS) is 15.4. The maximum atomic E-state index is 13.8. The van der Waals surface area contributed by atoms with Crippen molar-refractivity contribution in [1.82, 2.24) is 15.2 Å². The Morgan fingerprint density at radius 2 is 1.23 bits per heavy atom. The van der Waals surface area contributed by atoms with Gasteiger partial charge in [0.25, 0.3) is 20.0 Å². The van der Waals surface area contributed by atoms with Gasteiger partial charge in [-0.1, -0.05) is 36.4 Å². The Hall–Kier alpha value is -3.48. The first kappa shape index (κ1) is 23.3. The summed E-state index contributed by atoms with van der Waals surface area (Å²) >= 11 is 0. The van der Waals surface area contributed by atoms with Crippen molar-refractivity contribution < 1.29 is 21.5 Å². The molecule has 10 nitrogen and oxygen atoms in total. The molecule has 0 saturated carbocycles. The van der Waals surface area contributed by atoms with E-state index >= 15 is 0 Å². The third-order valence-corrected chi connectivity index (χ3v) is 10.1. The zero-order valence-corrected chi connectivity index (χ0v) is 20.5. The highest BCUT2D eigenvalue weighted by molar-refractivity contribution is 8.10. The SMILES string of the molecule is CN1CCN(c2ccc(N(S(=O)(=O)c3ccccc3)S(=O)(=O)c3ccccc3)c3nonc23)CC1. The maximum Gasteiger partial charge on any atom is 0.277 e. The lowest BCUT2D eigenvalue weighted by Gasteiger charge is -2.34. The number of likely N-dealkylation sites (N-methyl/N-ethyl adjacent to an activating group) is 1. The summed E-state index contributed by atoms with van der Waals surface area (Å²) in [6.07, 6.45) is 0. The highest BCUT2D eigenvalue weighted by atomic mass is 32.3. The maximum absolute atomic E-state index is 13.8. The number of benzene rings is 3. The van der Waals surface area contributed by atoms with E-state index in [2.05, 4.69) is 20.1 Å². The lowest BCUT2D eigenvalue weighted by Crippen LogP contribution is -2.44. The van der Waals surface area contributed by atoms with Gasteiger partial charge in [-0.25, -0.2) is 21.5 Å². The molecule has 0 bridgehead atoms. The summed E-state index contributed by atoms with van der Waals surface area (Å²) in [5, 5.41) is 7.94. The molecule has 182 valence electrons. The quantitative estimate of drug-likeness (QED) is 0.383. The summed E-state index contributed by atoms with van der Waals surface area (Å²) < 4.78 is 60.6. The molecule has 1 aliphatic heterocycles. The Morgan fingerprint density at radius 3 is 1.77 bits per heavy atom. The molecule has 3 aromatic carbocycles. The second kappa shape index (κ2) is 8.95. The van der Waals surface area contributed by atoms with Crippen molar-refractivity contribution in [3.8, 4) is 0 Å². The van der Waals surface area contributed by atoms with E-state index in [1.54, 1.807) is 18.2 Å². The smallest absolute Gasteiger partial charge is 0.277 e. The second-order valence-corrected chi connectivity index (χ2v) is 12.0. The Kier molecular flexibility index (Phi) is 5.95. The first-order valence-corrected chi connectivity index (χ1v) is 13.8. The number of hydrogen-bond donors (Lipinski definition) is 0. The first-order chi connectivity index (χ1) is 16.8. The van der Waals surface area contributed by atoms with Crippen LogP contribution >= 0.6 is 0 Å². The van der Waals surface area contributed by atoms with Gasteiger partial charge in [0, 0.05) is 26.2 Å². The zero-order chi connectivity index (χ0) is 24.6. The first-order valence-electron chi connectivity index (χ1n) is 10.9. The van der Waals surface area contributed by atoms with E-state index in [0.29, 0.717) is 14.9 Å². The van der Waals surface area contributed by atoms with Gasteiger partial charge < -0.3 is 9.80 Å². The standard InChI is InChI=1S/C23H23N5O5S2/c1-26-14-16-27(17-15-26)20-12-13-21(23-22(20)24-33-25-23)28(34(29,30)18-8-4-2-5-9-18)35(31,32)19-10-6-3-7-11-19/h2-13H,14-17H2,1H3. The van der Waals surface area contributed by atoms with Crippen molar-refractivity contribution in [3.63, 3.8) is 0 Å². The average Bonchev–Trinajstić information content (AvgIpc) is 3.36. The summed E-state index contributed by atoms with van der Waals surface area (Å²) in [5.74, 6) is 0. The summed E-state index contributed by atoms with van der Waals surface area (Å²) in [7, 11) is -7.08. The highest BCUT2D eigenvalue weighted by Gasteiger charge is 2.39. The fourth-order valence-electron chi connectivity index (χ4n) is 4.05. The molecule has 1 aliphatic rings. The second-order valence-electron chi connectivity index (χ2n) is 8.19. The van der Waals surface area contributed by atoms with Crippen LogP contribution < -0.4 is 8.61 Å². The lowest BCUT2D eigenvalue weighted by atomic mass is 10.2. The van der Waals surface area contributed by atoms with Gasteiger partial charge in [0.1, 0.15) is 5.69 Å². The number of sulfonamides is 2. The number of rotatable bonds is 6. The van der Waals surface area contributed by atoms with Crippen LogP contribution in [0.5, 0.6) is 0 Å². The zero-order valence-electron chi connectivity index (χ0n) is 18.9. The molecule has 0 unspecified atom stereocenters. The van der Waals surface area contributed by atoms with E-state index < -0.39 is 20.0 Å². The van der Waals surface area contributed by atoms with Crippen LogP contribution in [0, 0.1) is 0 Å². The van der Waals surface area contributed by atoms with E-state index in [1.807, 2.05) is 7.05 Å². The molecule has 0 amide bonds. The number of hydrogen-bond acceptors (Lipinski definition) is 9. The number of fused-ring (bicyclic) bond motifs is 1. The van der Waals surface area contributed by atoms with Gasteiger partial charge in [-0.2, -0.15) is 3.71 Å². The van der Waals surface area contributed by atoms with Crippen molar-refractivity contribution in [2.24, 2.45) is 0 Å². The van der Waals surface area contributed by atoms with Crippen LogP contribution in [0.2, 0.25) is 0 Å². The molecule has 1 fully saturated rings. The van der Waals surface area contributed by atoms with E-state index in [4.69, 9.17) is 4.63 Å². The van der Waals surface area contributed by atoms with Crippen LogP contribution in [0.25, 0.3) is 11.0 Å². The molecular formula is C23H23N5O5S2. The van der Waals surface area contributed by atoms with Crippen LogP contribution in [-0.4, -0.2) is 65.3 Å². The van der Waals surface area contributed by atoms with E-state index in [-0.39, 0.29) is 21.0 Å². The Labute approximate surface area is 203 Å². The molecule has 0 aliphatic carbocycles. The van der Waals surface area contributed by atoms with Crippen molar-refractivity contribution in [2.45, 2.75) is 9.79 Å². The van der Waals surface area contributed by atoms with Gasteiger partial charge in [0.15, 0.2) is 11.0 Å². The van der Waals surface area contributed by atoms with Crippen LogP contribution in [-0.2, 0) is 20.0 Å². The van der Waals surface area contributed by atoms with E-state index in [9.17, 15) is 16.8 Å². The van der Waals surface area contributed by atoms with Gasteiger partial charge in [-0.3, -0.25) is 0 Å². The van der Waals surface area contributed by atoms with Gasteiger partial charge in [0.2, 0.25) is 0 Å². The average molecular weight is 514 g/mol. The van der Waals surface area contributed by atoms with Crippen LogP contribution in [0.1, 0.15) is 0 Å². The van der Waals surface area contributed by atoms with E-state index in [0.717, 1.165) is 26.2 Å². The summed E-state index contributed by atoms with van der Waals surface area (Å²) in [5.41, 5.74) is 0.878. The fourth-order valence-corrected chi connectivity index (χ4v) is 7.80. The topological polar surface area (TPSA) is 117 Å². The molecule has 1 aromatic heterocycles. The molecule has 1 saturated heterocycles. The lowest BCUT2D eigenvalue weighted by molar-refractivity contribution is 0.310. The fraction of sp³-hybridized carbons (Fsp3) is 0.217. The van der Waals surface area contributed by atoms with Crippen LogP contribution in [0.3, 0.4) is 0 Å². The molecule has 12 heteroatoms. The minimum Gasteiger partial charge on any atom is -0.367 e. The summed E-state index contributed by atoms with van der Waals surface area (Å²) in [6.45, 7) is 3.13. The van der Waals surface area contributed by atoms with Gasteiger partial charge in [-0.05, 0) is 53.8 Å². The van der Waals surface area contributed by atoms with E-state index in [1.165, 1.54) is 54.6 Å². The molecule has 0 N–H and O–H groups in total. The predicted octanol–water partition coefficient (Wildman–Crippen LogP) is 2.56. The number of anilines is 2. The minimum absolute atomic E-state index is 0.0421. The van der Waals surface area contributed by atoms with Gasteiger partial charge in [0.05, 0.1) is 15.5 Å².